The summed E-state index contributed by atoms with van der Waals surface area (Å²) in [6.07, 6.45) is 4.06. The summed E-state index contributed by atoms with van der Waals surface area (Å²) < 4.78 is 27.1. The van der Waals surface area contributed by atoms with E-state index in [1.807, 2.05) is 0 Å². The van der Waals surface area contributed by atoms with Crippen LogP contribution in [0.5, 0.6) is 0 Å². The summed E-state index contributed by atoms with van der Waals surface area (Å²) >= 11 is 5.72. The zero-order valence-corrected chi connectivity index (χ0v) is 15.9. The Kier molecular flexibility index (Phi) is 7.18. The van der Waals surface area contributed by atoms with E-state index in [2.05, 4.69) is 16.5 Å². The van der Waals surface area contributed by atoms with Crippen LogP contribution in [0.25, 0.3) is 0 Å². The van der Waals surface area contributed by atoms with Crippen molar-refractivity contribution in [2.75, 3.05) is 26.2 Å². The van der Waals surface area contributed by atoms with Gasteiger partial charge in [-0.05, 0) is 56.8 Å². The average molecular weight is 390 g/mol. The second kappa shape index (κ2) is 8.93. The van der Waals surface area contributed by atoms with Crippen molar-refractivity contribution >= 4 is 27.3 Å². The Morgan fingerprint density at radius 2 is 2.16 bits per heavy atom. The highest BCUT2D eigenvalue weighted by Gasteiger charge is 2.25. The van der Waals surface area contributed by atoms with Gasteiger partial charge in [0.15, 0.2) is 4.90 Å². The molecule has 0 bridgehead atoms. The van der Waals surface area contributed by atoms with E-state index in [1.54, 1.807) is 0 Å². The summed E-state index contributed by atoms with van der Waals surface area (Å²) in [6.45, 7) is 5.66. The molecule has 1 fully saturated rings. The van der Waals surface area contributed by atoms with E-state index in [9.17, 15) is 18.5 Å². The molecule has 1 aromatic rings. The Labute approximate surface area is 153 Å². The monoisotopic (exact) mass is 389 g/mol. The SMILES string of the molecule is C[C@H]1CCCN(CCCCNS(=O)(=O)c2ccc(Cl)cc2[N+](=O)[O-])C1. The number of hydrogen-bond acceptors (Lipinski definition) is 5. The average Bonchev–Trinajstić information content (AvgIpc) is 2.54. The third kappa shape index (κ3) is 5.91. The molecule has 1 aromatic carbocycles. The smallest absolute Gasteiger partial charge is 0.290 e. The lowest BCUT2D eigenvalue weighted by Gasteiger charge is -2.30. The molecule has 1 atom stereocenters. The summed E-state index contributed by atoms with van der Waals surface area (Å²) in [5, 5.41) is 11.2. The van der Waals surface area contributed by atoms with E-state index in [-0.39, 0.29) is 16.5 Å². The van der Waals surface area contributed by atoms with Crippen LogP contribution in [-0.2, 0) is 10.0 Å². The minimum Gasteiger partial charge on any atom is -0.303 e. The lowest BCUT2D eigenvalue weighted by molar-refractivity contribution is -0.387. The molecule has 1 aliphatic heterocycles. The zero-order valence-electron chi connectivity index (χ0n) is 14.3. The molecule has 0 aliphatic carbocycles. The number of nitrogens with zero attached hydrogens (tertiary/aromatic N) is 2. The van der Waals surface area contributed by atoms with Crippen molar-refractivity contribution < 1.29 is 13.3 Å². The van der Waals surface area contributed by atoms with Gasteiger partial charge in [-0.3, -0.25) is 10.1 Å². The standard InChI is InChI=1S/C16H24ClN3O4S/c1-13-5-4-10-19(12-13)9-3-2-8-18-25(23,24)16-7-6-14(17)11-15(16)20(21)22/h6-7,11,13,18H,2-5,8-10,12H2,1H3/t13-/m0/s1. The number of nitro groups is 1. The summed E-state index contributed by atoms with van der Waals surface area (Å²) in [6, 6.07) is 3.55. The van der Waals surface area contributed by atoms with Gasteiger partial charge >= 0.3 is 0 Å². The van der Waals surface area contributed by atoms with E-state index < -0.39 is 20.6 Å². The van der Waals surface area contributed by atoms with E-state index in [4.69, 9.17) is 11.6 Å². The van der Waals surface area contributed by atoms with Crippen LogP contribution in [0.3, 0.4) is 0 Å². The number of piperidine rings is 1. The van der Waals surface area contributed by atoms with E-state index in [0.29, 0.717) is 6.42 Å². The highest BCUT2D eigenvalue weighted by molar-refractivity contribution is 7.89. The molecule has 0 aromatic heterocycles. The molecule has 9 heteroatoms. The van der Waals surface area contributed by atoms with Crippen LogP contribution in [0.2, 0.25) is 5.02 Å². The predicted octanol–water partition coefficient (Wildman–Crippen LogP) is 3.04. The number of likely N-dealkylation sites (tertiary alicyclic amines) is 1. The van der Waals surface area contributed by atoms with Gasteiger partial charge in [0.25, 0.3) is 5.69 Å². The zero-order chi connectivity index (χ0) is 18.4. The number of sulfonamides is 1. The summed E-state index contributed by atoms with van der Waals surface area (Å²) in [5.41, 5.74) is -0.512. The van der Waals surface area contributed by atoms with Gasteiger partial charge in [-0.25, -0.2) is 13.1 Å². The van der Waals surface area contributed by atoms with Crippen LogP contribution in [-0.4, -0.2) is 44.4 Å². The van der Waals surface area contributed by atoms with E-state index in [0.717, 1.165) is 44.1 Å². The topological polar surface area (TPSA) is 92.6 Å². The molecule has 0 amide bonds. The molecule has 1 aliphatic rings. The number of halogens is 1. The van der Waals surface area contributed by atoms with Gasteiger partial charge in [0.2, 0.25) is 10.0 Å². The first-order valence-electron chi connectivity index (χ1n) is 8.45. The van der Waals surface area contributed by atoms with Crippen LogP contribution >= 0.6 is 11.6 Å². The van der Waals surface area contributed by atoms with Crippen molar-refractivity contribution in [3.63, 3.8) is 0 Å². The van der Waals surface area contributed by atoms with Gasteiger partial charge in [-0.1, -0.05) is 18.5 Å². The van der Waals surface area contributed by atoms with Gasteiger partial charge in [0.1, 0.15) is 0 Å². The van der Waals surface area contributed by atoms with E-state index in [1.165, 1.54) is 18.9 Å². The normalized spacial score (nSPS) is 19.0. The highest BCUT2D eigenvalue weighted by Crippen LogP contribution is 2.27. The van der Waals surface area contributed by atoms with Crippen molar-refractivity contribution in [3.8, 4) is 0 Å². The summed E-state index contributed by atoms with van der Waals surface area (Å²) in [5.74, 6) is 0.720. The minimum absolute atomic E-state index is 0.126. The maximum absolute atomic E-state index is 12.3. The Morgan fingerprint density at radius 3 is 2.84 bits per heavy atom. The Morgan fingerprint density at radius 1 is 1.40 bits per heavy atom. The lowest BCUT2D eigenvalue weighted by Crippen LogP contribution is -2.35. The van der Waals surface area contributed by atoms with Crippen LogP contribution < -0.4 is 4.72 Å². The van der Waals surface area contributed by atoms with Crippen LogP contribution in [0.4, 0.5) is 5.69 Å². The fraction of sp³-hybridized carbons (Fsp3) is 0.625. The van der Waals surface area contributed by atoms with Crippen molar-refractivity contribution in [1.29, 1.82) is 0 Å². The third-order valence-corrected chi connectivity index (χ3v) is 6.09. The summed E-state index contributed by atoms with van der Waals surface area (Å²) in [4.78, 5) is 12.4. The third-order valence-electron chi connectivity index (χ3n) is 4.34. The van der Waals surface area contributed by atoms with Gasteiger partial charge < -0.3 is 4.90 Å². The highest BCUT2D eigenvalue weighted by atomic mass is 35.5. The largest absolute Gasteiger partial charge is 0.303 e. The van der Waals surface area contributed by atoms with Gasteiger partial charge in [0.05, 0.1) is 4.92 Å². The van der Waals surface area contributed by atoms with Gasteiger partial charge in [0, 0.05) is 24.2 Å². The molecule has 1 N–H and O–H groups in total. The lowest BCUT2D eigenvalue weighted by atomic mass is 10.0. The molecule has 0 spiro atoms. The first-order chi connectivity index (χ1) is 11.8. The maximum atomic E-state index is 12.3. The number of hydrogen-bond donors (Lipinski definition) is 1. The molecule has 25 heavy (non-hydrogen) atoms. The van der Waals surface area contributed by atoms with Crippen molar-refractivity contribution in [2.24, 2.45) is 5.92 Å². The molecular formula is C16H24ClN3O4S. The molecule has 0 radical (unpaired) electrons. The second-order valence-electron chi connectivity index (χ2n) is 6.52. The summed E-state index contributed by atoms with van der Waals surface area (Å²) in [7, 11) is -3.93. The van der Waals surface area contributed by atoms with Crippen molar-refractivity contribution in [2.45, 2.75) is 37.5 Å². The molecule has 0 unspecified atom stereocenters. The first-order valence-corrected chi connectivity index (χ1v) is 10.3. The van der Waals surface area contributed by atoms with Gasteiger partial charge in [-0.2, -0.15) is 0 Å². The molecule has 140 valence electrons. The molecule has 0 saturated carbocycles. The van der Waals surface area contributed by atoms with Crippen molar-refractivity contribution in [3.05, 3.63) is 33.3 Å². The van der Waals surface area contributed by atoms with Gasteiger partial charge in [-0.15, -0.1) is 0 Å². The quantitative estimate of drug-likeness (QED) is 0.419. The number of nitro benzene ring substituents is 1. The fourth-order valence-corrected chi connectivity index (χ4v) is 4.49. The minimum atomic E-state index is -3.93. The van der Waals surface area contributed by atoms with Crippen LogP contribution in [0, 0.1) is 16.0 Å². The number of benzene rings is 1. The van der Waals surface area contributed by atoms with Crippen LogP contribution in [0.1, 0.15) is 32.6 Å². The first kappa shape index (κ1) is 20.1. The second-order valence-corrected chi connectivity index (χ2v) is 8.69. The molecule has 1 saturated heterocycles. The predicted molar refractivity (Wildman–Crippen MR) is 97.4 cm³/mol. The Balaban J connectivity index is 1.85. The van der Waals surface area contributed by atoms with Crippen molar-refractivity contribution in [1.82, 2.24) is 9.62 Å². The van der Waals surface area contributed by atoms with E-state index >= 15 is 0 Å². The van der Waals surface area contributed by atoms with Crippen LogP contribution in [0.15, 0.2) is 23.1 Å². The molecule has 7 nitrogen and oxygen atoms in total. The Hall–Kier alpha value is -1.22. The fourth-order valence-electron chi connectivity index (χ4n) is 3.09. The molecule has 1 heterocycles. The number of unbranched alkanes of at least 4 members (excludes halogenated alkanes) is 1. The Bertz CT molecular complexity index is 711. The maximum Gasteiger partial charge on any atom is 0.290 e. The molecular weight excluding hydrogens is 366 g/mol. The number of rotatable bonds is 8. The number of nitrogens with one attached hydrogen (secondary N) is 1. The molecule has 2 rings (SSSR count).